The molecule has 0 atom stereocenters. The van der Waals surface area contributed by atoms with Gasteiger partial charge in [0.2, 0.25) is 5.91 Å². The van der Waals surface area contributed by atoms with Crippen LogP contribution >= 0.6 is 12.4 Å². The number of likely N-dealkylation sites (tertiary alicyclic amines) is 1. The van der Waals surface area contributed by atoms with E-state index in [-0.39, 0.29) is 24.9 Å². The molecule has 0 aromatic rings. The van der Waals surface area contributed by atoms with Gasteiger partial charge in [-0.1, -0.05) is 0 Å². The molecule has 1 amide bonds. The lowest BCUT2D eigenvalue weighted by molar-refractivity contribution is -0.161. The van der Waals surface area contributed by atoms with Crippen molar-refractivity contribution in [3.05, 3.63) is 0 Å². The van der Waals surface area contributed by atoms with Crippen molar-refractivity contribution in [1.29, 1.82) is 0 Å². The van der Waals surface area contributed by atoms with E-state index in [1.165, 1.54) is 0 Å². The Labute approximate surface area is 104 Å². The second kappa shape index (κ2) is 5.02. The molecule has 0 bridgehead atoms. The highest BCUT2D eigenvalue weighted by atomic mass is 35.5. The molecule has 0 aromatic carbocycles. The Hall–Kier alpha value is -0.490. The van der Waals surface area contributed by atoms with E-state index in [0.717, 1.165) is 18.0 Å². The number of carbonyl (C=O) groups is 1. The molecule has 17 heavy (non-hydrogen) atoms. The van der Waals surface area contributed by atoms with Crippen LogP contribution in [0.3, 0.4) is 0 Å². The third-order valence-electron chi connectivity index (χ3n) is 3.53. The highest BCUT2D eigenvalue weighted by molar-refractivity contribution is 5.85. The number of piperidine rings is 1. The Morgan fingerprint density at radius 3 is 2.35 bits per heavy atom. The Morgan fingerprint density at radius 1 is 1.24 bits per heavy atom. The van der Waals surface area contributed by atoms with Gasteiger partial charge in [0.05, 0.1) is 5.41 Å². The number of hydrogen-bond acceptors (Lipinski definition) is 2. The van der Waals surface area contributed by atoms with Gasteiger partial charge in [-0.15, -0.1) is 12.4 Å². The SMILES string of the molecule is Cl.O=C1N(CC(F)(F)F)CCC12CCNCC2. The van der Waals surface area contributed by atoms with Crippen LogP contribution in [0.2, 0.25) is 0 Å². The van der Waals surface area contributed by atoms with Crippen molar-refractivity contribution in [3.8, 4) is 0 Å². The van der Waals surface area contributed by atoms with E-state index in [9.17, 15) is 18.0 Å². The van der Waals surface area contributed by atoms with Gasteiger partial charge in [0.1, 0.15) is 6.54 Å². The number of rotatable bonds is 1. The topological polar surface area (TPSA) is 32.3 Å². The van der Waals surface area contributed by atoms with Crippen molar-refractivity contribution in [2.24, 2.45) is 5.41 Å². The first-order chi connectivity index (χ1) is 7.43. The highest BCUT2D eigenvalue weighted by Gasteiger charge is 2.49. The summed E-state index contributed by atoms with van der Waals surface area (Å²) < 4.78 is 36.7. The number of nitrogens with one attached hydrogen (secondary N) is 1. The molecule has 0 aliphatic carbocycles. The Balaban J connectivity index is 0.00000144. The summed E-state index contributed by atoms with van der Waals surface area (Å²) in [4.78, 5) is 12.9. The van der Waals surface area contributed by atoms with Crippen molar-refractivity contribution in [1.82, 2.24) is 10.2 Å². The number of hydrogen-bond donors (Lipinski definition) is 1. The summed E-state index contributed by atoms with van der Waals surface area (Å²) >= 11 is 0. The minimum atomic E-state index is -4.28. The van der Waals surface area contributed by atoms with Gasteiger partial charge in [0.25, 0.3) is 0 Å². The van der Waals surface area contributed by atoms with Crippen LogP contribution in [0.1, 0.15) is 19.3 Å². The second-order valence-corrected chi connectivity index (χ2v) is 4.62. The molecule has 2 fully saturated rings. The summed E-state index contributed by atoms with van der Waals surface area (Å²) in [6.45, 7) is 0.608. The Kier molecular flexibility index (Phi) is 4.30. The maximum Gasteiger partial charge on any atom is 0.406 e. The van der Waals surface area contributed by atoms with Crippen molar-refractivity contribution >= 4 is 18.3 Å². The molecule has 0 radical (unpaired) electrons. The molecule has 1 spiro atoms. The average Bonchev–Trinajstić information content (AvgIpc) is 2.47. The summed E-state index contributed by atoms with van der Waals surface area (Å²) in [6.07, 6.45) is -2.38. The lowest BCUT2D eigenvalue weighted by Gasteiger charge is -2.32. The van der Waals surface area contributed by atoms with Gasteiger partial charge in [-0.3, -0.25) is 4.79 Å². The first-order valence-electron chi connectivity index (χ1n) is 5.50. The Bertz CT molecular complexity index is 290. The van der Waals surface area contributed by atoms with Crippen molar-refractivity contribution < 1.29 is 18.0 Å². The second-order valence-electron chi connectivity index (χ2n) is 4.62. The molecular formula is C10H16ClF3N2O. The summed E-state index contributed by atoms with van der Waals surface area (Å²) in [5.74, 6) is -0.300. The number of carbonyl (C=O) groups excluding carboxylic acids is 1. The predicted molar refractivity (Wildman–Crippen MR) is 59.0 cm³/mol. The monoisotopic (exact) mass is 272 g/mol. The minimum absolute atomic E-state index is 0. The van der Waals surface area contributed by atoms with Crippen molar-refractivity contribution in [2.45, 2.75) is 25.4 Å². The molecule has 2 heterocycles. The van der Waals surface area contributed by atoms with Gasteiger partial charge in [-0.2, -0.15) is 13.2 Å². The van der Waals surface area contributed by atoms with E-state index in [1.807, 2.05) is 0 Å². The molecule has 100 valence electrons. The first kappa shape index (κ1) is 14.6. The third kappa shape index (κ3) is 3.04. The van der Waals surface area contributed by atoms with Gasteiger partial charge < -0.3 is 10.2 Å². The zero-order valence-corrected chi connectivity index (χ0v) is 10.2. The summed E-state index contributed by atoms with van der Waals surface area (Å²) in [5.41, 5.74) is -0.503. The standard InChI is InChI=1S/C10H15F3N2O.ClH/c11-10(12,13)7-15-6-3-9(8(15)16)1-4-14-5-2-9;/h14H,1-7H2;1H. The van der Waals surface area contributed by atoms with E-state index in [2.05, 4.69) is 5.32 Å². The average molecular weight is 273 g/mol. The van der Waals surface area contributed by atoms with E-state index in [1.54, 1.807) is 0 Å². The smallest absolute Gasteiger partial charge is 0.333 e. The minimum Gasteiger partial charge on any atom is -0.333 e. The zero-order valence-electron chi connectivity index (χ0n) is 9.35. The molecule has 2 aliphatic heterocycles. The number of alkyl halides is 3. The molecule has 2 saturated heterocycles. The van der Waals surface area contributed by atoms with Gasteiger partial charge in [-0.25, -0.2) is 0 Å². The fraction of sp³-hybridized carbons (Fsp3) is 0.900. The normalized spacial score (nSPS) is 23.9. The van der Waals surface area contributed by atoms with Crippen LogP contribution in [0.25, 0.3) is 0 Å². The fourth-order valence-corrected chi connectivity index (χ4v) is 2.63. The highest BCUT2D eigenvalue weighted by Crippen LogP contribution is 2.40. The fourth-order valence-electron chi connectivity index (χ4n) is 2.63. The molecule has 0 aromatic heterocycles. The van der Waals surface area contributed by atoms with E-state index in [0.29, 0.717) is 19.3 Å². The lowest BCUT2D eigenvalue weighted by Crippen LogP contribution is -2.44. The Morgan fingerprint density at radius 2 is 1.82 bits per heavy atom. The first-order valence-corrected chi connectivity index (χ1v) is 5.50. The molecule has 1 N–H and O–H groups in total. The van der Waals surface area contributed by atoms with Crippen LogP contribution in [0.4, 0.5) is 13.2 Å². The van der Waals surface area contributed by atoms with E-state index >= 15 is 0 Å². The molecule has 3 nitrogen and oxygen atoms in total. The van der Waals surface area contributed by atoms with Gasteiger partial charge in [0.15, 0.2) is 0 Å². The van der Waals surface area contributed by atoms with E-state index in [4.69, 9.17) is 0 Å². The molecule has 0 unspecified atom stereocenters. The summed E-state index contributed by atoms with van der Waals surface area (Å²) in [7, 11) is 0. The van der Waals surface area contributed by atoms with Gasteiger partial charge >= 0.3 is 6.18 Å². The summed E-state index contributed by atoms with van der Waals surface area (Å²) in [5, 5.41) is 3.13. The lowest BCUT2D eigenvalue weighted by atomic mass is 9.78. The van der Waals surface area contributed by atoms with Crippen LogP contribution in [-0.4, -0.2) is 43.2 Å². The van der Waals surface area contributed by atoms with Crippen LogP contribution < -0.4 is 5.32 Å². The van der Waals surface area contributed by atoms with Gasteiger partial charge in [0, 0.05) is 6.54 Å². The van der Waals surface area contributed by atoms with Crippen LogP contribution in [0, 0.1) is 5.41 Å². The van der Waals surface area contributed by atoms with Gasteiger partial charge in [-0.05, 0) is 32.4 Å². The number of nitrogens with zero attached hydrogens (tertiary/aromatic N) is 1. The van der Waals surface area contributed by atoms with Crippen molar-refractivity contribution in [3.63, 3.8) is 0 Å². The third-order valence-corrected chi connectivity index (χ3v) is 3.53. The summed E-state index contributed by atoms with van der Waals surface area (Å²) in [6, 6.07) is 0. The molecular weight excluding hydrogens is 257 g/mol. The number of amides is 1. The molecule has 2 aliphatic rings. The van der Waals surface area contributed by atoms with Crippen molar-refractivity contribution in [2.75, 3.05) is 26.2 Å². The van der Waals surface area contributed by atoms with Crippen LogP contribution in [0.15, 0.2) is 0 Å². The van der Waals surface area contributed by atoms with E-state index < -0.39 is 18.1 Å². The number of halogens is 4. The largest absolute Gasteiger partial charge is 0.406 e. The quantitative estimate of drug-likeness (QED) is 0.786. The predicted octanol–water partition coefficient (Wildman–Crippen LogP) is 1.57. The molecule has 0 saturated carbocycles. The molecule has 7 heteroatoms. The maximum atomic E-state index is 12.2. The maximum absolute atomic E-state index is 12.2. The zero-order chi connectivity index (χ0) is 11.8. The molecule has 2 rings (SSSR count). The van der Waals surface area contributed by atoms with Crippen LogP contribution in [0.5, 0.6) is 0 Å². The van der Waals surface area contributed by atoms with Crippen LogP contribution in [-0.2, 0) is 4.79 Å².